The number of anilines is 1. The molecule has 1 unspecified atom stereocenters. The topological polar surface area (TPSA) is 71.3 Å². The molecule has 1 aliphatic heterocycles. The maximum Gasteiger partial charge on any atom is 0.334 e. The zero-order valence-electron chi connectivity index (χ0n) is 14.7. The Labute approximate surface area is 154 Å². The summed E-state index contributed by atoms with van der Waals surface area (Å²) in [6, 6.07) is 16.2. The van der Waals surface area contributed by atoms with Gasteiger partial charge in [0.1, 0.15) is 23.7 Å². The van der Waals surface area contributed by atoms with Crippen LogP contribution in [0.4, 0.5) is 10.2 Å². The van der Waals surface area contributed by atoms with Crippen molar-refractivity contribution in [2.24, 2.45) is 0 Å². The van der Waals surface area contributed by atoms with Crippen LogP contribution in [-0.4, -0.2) is 22.8 Å². The fourth-order valence-electron chi connectivity index (χ4n) is 3.45. The van der Waals surface area contributed by atoms with Gasteiger partial charge in [-0.2, -0.15) is 0 Å². The lowest BCUT2D eigenvalue weighted by Gasteiger charge is -2.28. The smallest absolute Gasteiger partial charge is 0.324 e. The fraction of sp³-hybridized carbons (Fsp3) is 0.200. The van der Waals surface area contributed by atoms with Gasteiger partial charge in [-0.3, -0.25) is 9.78 Å². The molecule has 1 atom stereocenters. The van der Waals surface area contributed by atoms with Gasteiger partial charge in [0.25, 0.3) is 5.56 Å². The lowest BCUT2D eigenvalue weighted by molar-refractivity contribution is -0.912. The molecule has 3 N–H and O–H groups in total. The summed E-state index contributed by atoms with van der Waals surface area (Å²) in [5, 5.41) is 3.16. The molecular formula is C20H20FN4O2+. The molecule has 0 fully saturated rings. The normalized spacial score (nSPS) is 15.8. The quantitative estimate of drug-likeness (QED) is 0.635. The number of nitrogens with zero attached hydrogens (tertiary/aromatic N) is 1. The van der Waals surface area contributed by atoms with Crippen molar-refractivity contribution in [3.8, 4) is 5.69 Å². The number of hydrogen-bond donors (Lipinski definition) is 3. The number of para-hydroxylation sites is 1. The van der Waals surface area contributed by atoms with E-state index >= 15 is 0 Å². The molecule has 0 aliphatic carbocycles. The molecule has 0 bridgehead atoms. The summed E-state index contributed by atoms with van der Waals surface area (Å²) in [6.07, 6.45) is 0.887. The van der Waals surface area contributed by atoms with Crippen LogP contribution in [0.2, 0.25) is 0 Å². The first-order valence-corrected chi connectivity index (χ1v) is 8.88. The average molecular weight is 367 g/mol. The minimum absolute atomic E-state index is 0.121. The summed E-state index contributed by atoms with van der Waals surface area (Å²) in [5.74, 6) is -0.146. The molecule has 138 valence electrons. The molecule has 0 radical (unpaired) electrons. The second kappa shape index (κ2) is 7.20. The van der Waals surface area contributed by atoms with E-state index in [2.05, 4.69) is 22.4 Å². The van der Waals surface area contributed by atoms with Crippen molar-refractivity contribution in [3.63, 3.8) is 0 Å². The predicted molar refractivity (Wildman–Crippen MR) is 101 cm³/mol. The minimum Gasteiger partial charge on any atom is -0.324 e. The average Bonchev–Trinajstić information content (AvgIpc) is 2.69. The SMILES string of the molecule is O=c1[nH]c(=O)n(-c2ccccc2F)c2c1C[NH+](CCc1ccccc1)CN2. The number of quaternary nitrogens is 1. The van der Waals surface area contributed by atoms with E-state index in [1.54, 1.807) is 12.1 Å². The van der Waals surface area contributed by atoms with Crippen molar-refractivity contribution in [2.45, 2.75) is 13.0 Å². The molecule has 0 saturated heterocycles. The zero-order valence-corrected chi connectivity index (χ0v) is 14.7. The molecule has 4 rings (SSSR count). The molecule has 1 aliphatic rings. The first-order chi connectivity index (χ1) is 13.1. The van der Waals surface area contributed by atoms with Gasteiger partial charge in [-0.05, 0) is 17.7 Å². The molecule has 0 saturated carbocycles. The van der Waals surface area contributed by atoms with E-state index < -0.39 is 17.1 Å². The third kappa shape index (κ3) is 3.41. The van der Waals surface area contributed by atoms with E-state index in [4.69, 9.17) is 0 Å². The van der Waals surface area contributed by atoms with Crippen LogP contribution in [0.5, 0.6) is 0 Å². The summed E-state index contributed by atoms with van der Waals surface area (Å²) in [7, 11) is 0. The summed E-state index contributed by atoms with van der Waals surface area (Å²) >= 11 is 0. The molecule has 6 nitrogen and oxygen atoms in total. The highest BCUT2D eigenvalue weighted by molar-refractivity contribution is 5.51. The highest BCUT2D eigenvalue weighted by Gasteiger charge is 2.26. The van der Waals surface area contributed by atoms with Crippen molar-refractivity contribution < 1.29 is 9.29 Å². The predicted octanol–water partition coefficient (Wildman–Crippen LogP) is 0.675. The van der Waals surface area contributed by atoms with Crippen molar-refractivity contribution in [2.75, 3.05) is 18.5 Å². The van der Waals surface area contributed by atoms with E-state index in [9.17, 15) is 14.0 Å². The van der Waals surface area contributed by atoms with Crippen molar-refractivity contribution in [1.82, 2.24) is 9.55 Å². The van der Waals surface area contributed by atoms with E-state index in [-0.39, 0.29) is 5.69 Å². The Bertz CT molecular complexity index is 1080. The van der Waals surface area contributed by atoms with Crippen LogP contribution in [0.3, 0.4) is 0 Å². The van der Waals surface area contributed by atoms with Gasteiger partial charge >= 0.3 is 5.69 Å². The minimum atomic E-state index is -0.649. The Morgan fingerprint density at radius 1 is 1.04 bits per heavy atom. The van der Waals surface area contributed by atoms with Crippen molar-refractivity contribution in [3.05, 3.63) is 92.4 Å². The first kappa shape index (κ1) is 17.2. The monoisotopic (exact) mass is 367 g/mol. The Kier molecular flexibility index (Phi) is 4.60. The van der Waals surface area contributed by atoms with Crippen molar-refractivity contribution >= 4 is 5.82 Å². The van der Waals surface area contributed by atoms with Gasteiger partial charge in [0, 0.05) is 6.42 Å². The van der Waals surface area contributed by atoms with E-state index in [0.717, 1.165) is 13.0 Å². The van der Waals surface area contributed by atoms with E-state index in [1.165, 1.54) is 27.2 Å². The Hall–Kier alpha value is -3.19. The molecule has 0 spiro atoms. The number of benzene rings is 2. The number of hydrogen-bond acceptors (Lipinski definition) is 3. The molecule has 27 heavy (non-hydrogen) atoms. The highest BCUT2D eigenvalue weighted by atomic mass is 19.1. The van der Waals surface area contributed by atoms with Crippen LogP contribution in [0.25, 0.3) is 5.69 Å². The summed E-state index contributed by atoms with van der Waals surface area (Å²) < 4.78 is 15.4. The van der Waals surface area contributed by atoms with E-state index in [1.807, 2.05) is 18.2 Å². The summed E-state index contributed by atoms with van der Waals surface area (Å²) in [4.78, 5) is 28.2. The van der Waals surface area contributed by atoms with E-state index in [0.29, 0.717) is 24.6 Å². The maximum absolute atomic E-state index is 14.2. The zero-order chi connectivity index (χ0) is 18.8. The molecule has 2 aromatic carbocycles. The Morgan fingerprint density at radius 2 is 1.78 bits per heavy atom. The first-order valence-electron chi connectivity index (χ1n) is 8.88. The second-order valence-corrected chi connectivity index (χ2v) is 6.64. The van der Waals surface area contributed by atoms with Crippen LogP contribution in [-0.2, 0) is 13.0 Å². The number of rotatable bonds is 4. The lowest BCUT2D eigenvalue weighted by Crippen LogP contribution is -3.13. The molecule has 1 aromatic heterocycles. The molecule has 2 heterocycles. The number of aromatic nitrogens is 2. The van der Waals surface area contributed by atoms with Crippen molar-refractivity contribution in [1.29, 1.82) is 0 Å². The number of halogens is 1. The lowest BCUT2D eigenvalue weighted by atomic mass is 10.1. The molecule has 7 heteroatoms. The maximum atomic E-state index is 14.2. The van der Waals surface area contributed by atoms with Gasteiger partial charge < -0.3 is 10.2 Å². The van der Waals surface area contributed by atoms with Gasteiger partial charge in [0.05, 0.1) is 12.2 Å². The summed E-state index contributed by atoms with van der Waals surface area (Å²) in [6.45, 7) is 1.87. The Balaban J connectivity index is 1.64. The third-order valence-electron chi connectivity index (χ3n) is 4.84. The molecule has 3 aromatic rings. The fourth-order valence-corrected chi connectivity index (χ4v) is 3.45. The van der Waals surface area contributed by atoms with Crippen LogP contribution < -0.4 is 21.5 Å². The van der Waals surface area contributed by atoms with Gasteiger partial charge in [-0.15, -0.1) is 0 Å². The van der Waals surface area contributed by atoms with Crippen LogP contribution in [0, 0.1) is 5.82 Å². The number of aromatic amines is 1. The number of fused-ring (bicyclic) bond motifs is 1. The van der Waals surface area contributed by atoms with Gasteiger partial charge in [0.2, 0.25) is 0 Å². The van der Waals surface area contributed by atoms with Crippen LogP contribution in [0.1, 0.15) is 11.1 Å². The largest absolute Gasteiger partial charge is 0.334 e. The van der Waals surface area contributed by atoms with Gasteiger partial charge in [-0.25, -0.2) is 13.8 Å². The van der Waals surface area contributed by atoms with Crippen LogP contribution in [0.15, 0.2) is 64.2 Å². The molecular weight excluding hydrogens is 347 g/mol. The van der Waals surface area contributed by atoms with Gasteiger partial charge in [-0.1, -0.05) is 42.5 Å². The molecule has 0 amide bonds. The number of H-pyrrole nitrogens is 1. The van der Waals surface area contributed by atoms with Gasteiger partial charge in [0.15, 0.2) is 6.67 Å². The number of nitrogens with one attached hydrogen (secondary N) is 3. The Morgan fingerprint density at radius 3 is 2.56 bits per heavy atom. The third-order valence-corrected chi connectivity index (χ3v) is 4.84. The summed E-state index contributed by atoms with van der Waals surface area (Å²) in [5.41, 5.74) is 0.750. The van der Waals surface area contributed by atoms with Crippen LogP contribution >= 0.6 is 0 Å². The highest BCUT2D eigenvalue weighted by Crippen LogP contribution is 2.18. The standard InChI is InChI=1S/C20H19FN4O2/c21-16-8-4-5-9-17(16)25-18-15(19(26)23-20(25)27)12-24(13-22-18)11-10-14-6-2-1-3-7-14/h1-9,22H,10-13H2,(H,23,26,27)/p+1. The second-order valence-electron chi connectivity index (χ2n) is 6.64.